The minimum Gasteiger partial charge on any atom is -0.212 e. The maximum absolute atomic E-state index is 11.9. The molecule has 1 rings (SSSR count). The highest BCUT2D eigenvalue weighted by Crippen LogP contribution is 2.37. The van der Waals surface area contributed by atoms with E-state index in [1.807, 2.05) is 0 Å². The standard InChI is InChI=1S/C13H27NO2S/c1-12(2,3)8-9-17(15,16)14-11-6-7-13(4,5)10-11/h11,14H,6-10H2,1-5H3. The minimum absolute atomic E-state index is 0.0731. The molecule has 0 saturated heterocycles. The molecule has 1 fully saturated rings. The van der Waals surface area contributed by atoms with Gasteiger partial charge in [-0.2, -0.15) is 0 Å². The van der Waals surface area contributed by atoms with Gasteiger partial charge < -0.3 is 0 Å². The zero-order valence-corrected chi connectivity index (χ0v) is 12.7. The van der Waals surface area contributed by atoms with Crippen LogP contribution in [0.4, 0.5) is 0 Å². The van der Waals surface area contributed by atoms with Gasteiger partial charge in [-0.1, -0.05) is 34.6 Å². The topological polar surface area (TPSA) is 46.2 Å². The summed E-state index contributed by atoms with van der Waals surface area (Å²) in [5.41, 5.74) is 0.362. The molecule has 0 amide bonds. The van der Waals surface area contributed by atoms with Crippen molar-refractivity contribution in [2.24, 2.45) is 10.8 Å². The number of hydrogen-bond acceptors (Lipinski definition) is 2. The Balaban J connectivity index is 2.46. The fourth-order valence-corrected chi connectivity index (χ4v) is 4.00. The SMILES string of the molecule is CC(C)(C)CCS(=O)(=O)NC1CCC(C)(C)C1. The second kappa shape index (κ2) is 4.88. The van der Waals surface area contributed by atoms with Crippen LogP contribution >= 0.6 is 0 Å². The van der Waals surface area contributed by atoms with Gasteiger partial charge in [0.1, 0.15) is 0 Å². The first-order valence-electron chi connectivity index (χ1n) is 6.49. The third-order valence-corrected chi connectivity index (χ3v) is 4.87. The normalized spacial score (nSPS) is 25.1. The molecule has 0 aromatic rings. The average Bonchev–Trinajstić information content (AvgIpc) is 2.40. The predicted octanol–water partition coefficient (Wildman–Crippen LogP) is 2.92. The number of rotatable bonds is 4. The first-order chi connectivity index (χ1) is 7.49. The summed E-state index contributed by atoms with van der Waals surface area (Å²) in [5, 5.41) is 0. The highest BCUT2D eigenvalue weighted by Gasteiger charge is 2.33. The van der Waals surface area contributed by atoms with E-state index in [0.717, 1.165) is 19.3 Å². The van der Waals surface area contributed by atoms with Crippen molar-refractivity contribution >= 4 is 10.0 Å². The minimum atomic E-state index is -3.10. The van der Waals surface area contributed by atoms with Crippen LogP contribution in [0.5, 0.6) is 0 Å². The van der Waals surface area contributed by atoms with Crippen molar-refractivity contribution in [3.8, 4) is 0 Å². The first kappa shape index (κ1) is 15.0. The van der Waals surface area contributed by atoms with E-state index in [4.69, 9.17) is 0 Å². The van der Waals surface area contributed by atoms with Gasteiger partial charge in [0.15, 0.2) is 0 Å². The maximum atomic E-state index is 11.9. The van der Waals surface area contributed by atoms with Crippen molar-refractivity contribution in [1.29, 1.82) is 0 Å². The summed E-state index contributed by atoms with van der Waals surface area (Å²) in [7, 11) is -3.10. The van der Waals surface area contributed by atoms with Crippen molar-refractivity contribution in [3.05, 3.63) is 0 Å². The molecule has 3 nitrogen and oxygen atoms in total. The van der Waals surface area contributed by atoms with Gasteiger partial charge >= 0.3 is 0 Å². The second-order valence-electron chi connectivity index (χ2n) is 7.35. The van der Waals surface area contributed by atoms with E-state index in [2.05, 4.69) is 39.3 Å². The Bertz CT molecular complexity index is 352. The summed E-state index contributed by atoms with van der Waals surface area (Å²) in [6.07, 6.45) is 3.75. The van der Waals surface area contributed by atoms with Gasteiger partial charge in [0, 0.05) is 6.04 Å². The van der Waals surface area contributed by atoms with E-state index in [1.54, 1.807) is 0 Å². The maximum Gasteiger partial charge on any atom is 0.211 e. The van der Waals surface area contributed by atoms with Gasteiger partial charge in [-0.15, -0.1) is 0 Å². The summed E-state index contributed by atoms with van der Waals surface area (Å²) >= 11 is 0. The van der Waals surface area contributed by atoms with Crippen LogP contribution in [0.15, 0.2) is 0 Å². The number of sulfonamides is 1. The lowest BCUT2D eigenvalue weighted by atomic mass is 9.92. The van der Waals surface area contributed by atoms with Gasteiger partial charge in [0.05, 0.1) is 5.75 Å². The summed E-state index contributed by atoms with van der Waals surface area (Å²) < 4.78 is 26.7. The molecule has 1 saturated carbocycles. The zero-order chi connectivity index (χ0) is 13.3. The lowest BCUT2D eigenvalue weighted by molar-refractivity contribution is 0.371. The summed E-state index contributed by atoms with van der Waals surface area (Å²) in [6.45, 7) is 10.6. The lowest BCUT2D eigenvalue weighted by Gasteiger charge is -2.20. The quantitative estimate of drug-likeness (QED) is 0.845. The van der Waals surface area contributed by atoms with E-state index >= 15 is 0 Å². The third-order valence-electron chi connectivity index (χ3n) is 3.44. The molecule has 0 heterocycles. The molecule has 0 aromatic carbocycles. The Morgan fingerprint density at radius 3 is 2.29 bits per heavy atom. The van der Waals surface area contributed by atoms with E-state index in [9.17, 15) is 8.42 Å². The molecule has 17 heavy (non-hydrogen) atoms. The Kier molecular flexibility index (Phi) is 4.30. The molecule has 0 bridgehead atoms. The van der Waals surface area contributed by atoms with Crippen LogP contribution in [0.3, 0.4) is 0 Å². The molecule has 1 aliphatic rings. The molecule has 4 heteroatoms. The Hall–Kier alpha value is -0.0900. The van der Waals surface area contributed by atoms with Crippen molar-refractivity contribution in [2.75, 3.05) is 5.75 Å². The van der Waals surface area contributed by atoms with Gasteiger partial charge in [-0.3, -0.25) is 0 Å². The van der Waals surface area contributed by atoms with Crippen LogP contribution in [-0.4, -0.2) is 20.2 Å². The van der Waals surface area contributed by atoms with Crippen LogP contribution in [0.1, 0.15) is 60.3 Å². The molecule has 1 aliphatic carbocycles. The summed E-state index contributed by atoms with van der Waals surface area (Å²) in [6, 6.07) is 0.148. The molecule has 1 unspecified atom stereocenters. The molecule has 102 valence electrons. The van der Waals surface area contributed by atoms with E-state index in [0.29, 0.717) is 6.42 Å². The van der Waals surface area contributed by atoms with Crippen molar-refractivity contribution < 1.29 is 8.42 Å². The Morgan fingerprint density at radius 2 is 1.88 bits per heavy atom. The largest absolute Gasteiger partial charge is 0.212 e. The Morgan fingerprint density at radius 1 is 1.29 bits per heavy atom. The molecule has 1 atom stereocenters. The molecule has 1 N–H and O–H groups in total. The summed E-state index contributed by atoms with van der Waals surface area (Å²) in [4.78, 5) is 0. The van der Waals surface area contributed by atoms with Gasteiger partial charge in [-0.25, -0.2) is 13.1 Å². The molecular formula is C13H27NO2S. The number of hydrogen-bond donors (Lipinski definition) is 1. The molecule has 0 spiro atoms. The van der Waals surface area contributed by atoms with Crippen molar-refractivity contribution in [2.45, 2.75) is 66.3 Å². The molecule has 0 radical (unpaired) electrons. The highest BCUT2D eigenvalue weighted by molar-refractivity contribution is 7.89. The molecule has 0 aromatic heterocycles. The Labute approximate surface area is 106 Å². The fourth-order valence-electron chi connectivity index (χ4n) is 2.29. The second-order valence-corrected chi connectivity index (χ2v) is 9.22. The van der Waals surface area contributed by atoms with Crippen LogP contribution in [0, 0.1) is 10.8 Å². The third kappa shape index (κ3) is 5.87. The summed E-state index contributed by atoms with van der Waals surface area (Å²) in [5.74, 6) is 0.243. The van der Waals surface area contributed by atoms with Gasteiger partial charge in [-0.05, 0) is 36.5 Å². The molecule has 0 aliphatic heterocycles. The lowest BCUT2D eigenvalue weighted by Crippen LogP contribution is -2.36. The van der Waals surface area contributed by atoms with E-state index in [-0.39, 0.29) is 22.6 Å². The first-order valence-corrected chi connectivity index (χ1v) is 8.14. The van der Waals surface area contributed by atoms with Gasteiger partial charge in [0.2, 0.25) is 10.0 Å². The highest BCUT2D eigenvalue weighted by atomic mass is 32.2. The van der Waals surface area contributed by atoms with E-state index in [1.165, 1.54) is 0 Å². The predicted molar refractivity (Wildman–Crippen MR) is 72.4 cm³/mol. The average molecular weight is 261 g/mol. The van der Waals surface area contributed by atoms with Crippen LogP contribution in [-0.2, 0) is 10.0 Å². The van der Waals surface area contributed by atoms with Crippen LogP contribution < -0.4 is 4.72 Å². The van der Waals surface area contributed by atoms with Crippen LogP contribution in [0.2, 0.25) is 0 Å². The van der Waals surface area contributed by atoms with Crippen LogP contribution in [0.25, 0.3) is 0 Å². The van der Waals surface area contributed by atoms with E-state index < -0.39 is 10.0 Å². The monoisotopic (exact) mass is 261 g/mol. The fraction of sp³-hybridized carbons (Fsp3) is 1.00. The van der Waals surface area contributed by atoms with Gasteiger partial charge in [0.25, 0.3) is 0 Å². The van der Waals surface area contributed by atoms with Crippen molar-refractivity contribution in [1.82, 2.24) is 4.72 Å². The zero-order valence-electron chi connectivity index (χ0n) is 11.8. The smallest absolute Gasteiger partial charge is 0.211 e. The van der Waals surface area contributed by atoms with Crippen molar-refractivity contribution in [3.63, 3.8) is 0 Å². The number of nitrogens with one attached hydrogen (secondary N) is 1. The molecular weight excluding hydrogens is 234 g/mol.